The minimum Gasteiger partial charge on any atom is -0.491 e. The van der Waals surface area contributed by atoms with E-state index in [1.54, 1.807) is 6.07 Å². The number of anilines is 1. The maximum absolute atomic E-state index is 13.1. The second-order valence-electron chi connectivity index (χ2n) is 8.76. The Kier molecular flexibility index (Phi) is 7.23. The lowest BCUT2D eigenvalue weighted by atomic mass is 9.87. The molecule has 1 aromatic heterocycles. The molecule has 1 fully saturated rings. The van der Waals surface area contributed by atoms with E-state index in [-0.39, 0.29) is 35.3 Å². The molecular formula is C22H28ClN3O5. The molecule has 0 spiro atoms. The number of hydrogen-bond donors (Lipinski definition) is 3. The zero-order valence-electron chi connectivity index (χ0n) is 17.9. The van der Waals surface area contributed by atoms with E-state index < -0.39 is 11.9 Å². The summed E-state index contributed by atoms with van der Waals surface area (Å²) in [5.41, 5.74) is 1.43. The molecule has 0 radical (unpaired) electrons. The Morgan fingerprint density at radius 1 is 1.26 bits per heavy atom. The fraction of sp³-hybridized carbons (Fsp3) is 0.500. The van der Waals surface area contributed by atoms with E-state index >= 15 is 0 Å². The molecule has 1 aliphatic rings. The van der Waals surface area contributed by atoms with Crippen LogP contribution >= 0.6 is 11.6 Å². The second-order valence-corrected chi connectivity index (χ2v) is 9.16. The number of nitrogens with zero attached hydrogens (tertiary/aromatic N) is 1. The van der Waals surface area contributed by atoms with Crippen molar-refractivity contribution in [1.29, 1.82) is 0 Å². The van der Waals surface area contributed by atoms with Gasteiger partial charge >= 0.3 is 0 Å². The second kappa shape index (κ2) is 9.70. The number of aromatic hydroxyl groups is 1. The average molecular weight is 450 g/mol. The summed E-state index contributed by atoms with van der Waals surface area (Å²) < 4.78 is 10.3. The van der Waals surface area contributed by atoms with Gasteiger partial charge < -0.3 is 25.0 Å². The summed E-state index contributed by atoms with van der Waals surface area (Å²) >= 11 is 6.43. The zero-order valence-corrected chi connectivity index (χ0v) is 18.7. The van der Waals surface area contributed by atoms with Crippen molar-refractivity contribution in [3.63, 3.8) is 0 Å². The first-order valence-electron chi connectivity index (χ1n) is 10.3. The maximum atomic E-state index is 13.1. The molecule has 2 aromatic rings. The number of rotatable bonds is 6. The van der Waals surface area contributed by atoms with Crippen molar-refractivity contribution in [3.05, 3.63) is 40.6 Å². The van der Waals surface area contributed by atoms with E-state index in [1.807, 2.05) is 12.1 Å². The van der Waals surface area contributed by atoms with Crippen LogP contribution < -0.4 is 10.6 Å². The largest absolute Gasteiger partial charge is 0.491 e. The molecule has 1 saturated heterocycles. The Morgan fingerprint density at radius 3 is 2.55 bits per heavy atom. The van der Waals surface area contributed by atoms with E-state index in [4.69, 9.17) is 20.9 Å². The zero-order chi connectivity index (χ0) is 22.6. The molecular weight excluding hydrogens is 422 g/mol. The molecule has 0 saturated carbocycles. The Hall–Kier alpha value is -2.58. The lowest BCUT2D eigenvalue weighted by Crippen LogP contribution is -2.50. The SMILES string of the molecule is CC(C)(C)c1ccc(NC(=O)[C@H](NC(=O)Cc2cc(O)no2)C2CCOCC2)cc1Cl. The predicted molar refractivity (Wildman–Crippen MR) is 116 cm³/mol. The van der Waals surface area contributed by atoms with Gasteiger partial charge in [0.1, 0.15) is 11.8 Å². The molecule has 31 heavy (non-hydrogen) atoms. The number of nitrogens with one attached hydrogen (secondary N) is 2. The minimum absolute atomic E-state index is 0.0647. The Balaban J connectivity index is 1.73. The van der Waals surface area contributed by atoms with Crippen LogP contribution in [0.5, 0.6) is 5.88 Å². The van der Waals surface area contributed by atoms with Gasteiger partial charge in [-0.1, -0.05) is 38.4 Å². The lowest BCUT2D eigenvalue weighted by molar-refractivity contribution is -0.128. The topological polar surface area (TPSA) is 114 Å². The van der Waals surface area contributed by atoms with Crippen molar-refractivity contribution in [2.24, 2.45) is 5.92 Å². The molecule has 0 bridgehead atoms. The van der Waals surface area contributed by atoms with Crippen LogP contribution in [0.3, 0.4) is 0 Å². The summed E-state index contributed by atoms with van der Waals surface area (Å²) in [6.45, 7) is 7.27. The third-order valence-corrected chi connectivity index (χ3v) is 5.57. The first-order chi connectivity index (χ1) is 14.6. The molecule has 3 rings (SSSR count). The van der Waals surface area contributed by atoms with Crippen molar-refractivity contribution in [2.75, 3.05) is 18.5 Å². The van der Waals surface area contributed by atoms with Gasteiger partial charge in [-0.3, -0.25) is 9.59 Å². The maximum Gasteiger partial charge on any atom is 0.251 e. The molecule has 1 aliphatic heterocycles. The van der Waals surface area contributed by atoms with Gasteiger partial charge in [-0.25, -0.2) is 0 Å². The highest BCUT2D eigenvalue weighted by Gasteiger charge is 2.32. The van der Waals surface area contributed by atoms with Crippen molar-refractivity contribution >= 4 is 29.1 Å². The Labute approximate surface area is 186 Å². The standard InChI is InChI=1S/C22H28ClN3O5/c1-22(2,3)16-5-4-14(10-17(16)23)24-21(29)20(13-6-8-30-9-7-13)25-18(27)11-15-12-19(28)26-31-15/h4-5,10,12-13,20H,6-9,11H2,1-3H3,(H,24,29)(H,25,27)(H,26,28)/t20-/m1/s1. The van der Waals surface area contributed by atoms with Gasteiger partial charge in [0.2, 0.25) is 11.8 Å². The Bertz CT molecular complexity index is 931. The van der Waals surface area contributed by atoms with Gasteiger partial charge in [0, 0.05) is 30.0 Å². The number of ether oxygens (including phenoxy) is 1. The van der Waals surface area contributed by atoms with Gasteiger partial charge in [-0.05, 0) is 47.0 Å². The molecule has 1 atom stereocenters. The summed E-state index contributed by atoms with van der Waals surface area (Å²) in [7, 11) is 0. The molecule has 2 heterocycles. The molecule has 168 valence electrons. The summed E-state index contributed by atoms with van der Waals surface area (Å²) in [5, 5.41) is 18.9. The number of carbonyl (C=O) groups excluding carboxylic acids is 2. The van der Waals surface area contributed by atoms with Crippen molar-refractivity contribution < 1.29 is 24.0 Å². The van der Waals surface area contributed by atoms with Crippen molar-refractivity contribution in [1.82, 2.24) is 10.5 Å². The highest BCUT2D eigenvalue weighted by atomic mass is 35.5. The minimum atomic E-state index is -0.742. The molecule has 1 aromatic carbocycles. The van der Waals surface area contributed by atoms with Crippen LogP contribution in [0.2, 0.25) is 5.02 Å². The quantitative estimate of drug-likeness (QED) is 0.622. The fourth-order valence-corrected chi connectivity index (χ4v) is 4.10. The van der Waals surface area contributed by atoms with Crippen LogP contribution in [0.25, 0.3) is 0 Å². The third-order valence-electron chi connectivity index (χ3n) is 5.26. The molecule has 3 N–H and O–H groups in total. The van der Waals surface area contributed by atoms with Gasteiger partial charge in [0.05, 0.1) is 6.42 Å². The highest BCUT2D eigenvalue weighted by molar-refractivity contribution is 6.31. The van der Waals surface area contributed by atoms with Crippen molar-refractivity contribution in [2.45, 2.75) is 51.5 Å². The van der Waals surface area contributed by atoms with Crippen LogP contribution in [-0.4, -0.2) is 41.3 Å². The van der Waals surface area contributed by atoms with Gasteiger partial charge in [-0.15, -0.1) is 0 Å². The fourth-order valence-electron chi connectivity index (χ4n) is 3.64. The normalized spacial score (nSPS) is 16.0. The van der Waals surface area contributed by atoms with E-state index in [0.717, 1.165) is 5.56 Å². The predicted octanol–water partition coefficient (Wildman–Crippen LogP) is 3.42. The molecule has 0 unspecified atom stereocenters. The lowest BCUT2D eigenvalue weighted by Gasteiger charge is -2.30. The van der Waals surface area contributed by atoms with Crippen LogP contribution in [0.1, 0.15) is 44.9 Å². The van der Waals surface area contributed by atoms with Crippen LogP contribution in [0, 0.1) is 5.92 Å². The van der Waals surface area contributed by atoms with Gasteiger partial charge in [0.15, 0.2) is 0 Å². The van der Waals surface area contributed by atoms with Crippen LogP contribution in [0.15, 0.2) is 28.8 Å². The van der Waals surface area contributed by atoms with E-state index in [1.165, 1.54) is 6.07 Å². The first-order valence-corrected chi connectivity index (χ1v) is 10.6. The smallest absolute Gasteiger partial charge is 0.251 e. The average Bonchev–Trinajstić information content (AvgIpc) is 3.10. The number of benzene rings is 1. The van der Waals surface area contributed by atoms with E-state index in [2.05, 4.69) is 36.6 Å². The third kappa shape index (κ3) is 6.21. The molecule has 9 heteroatoms. The van der Waals surface area contributed by atoms with Gasteiger partial charge in [0.25, 0.3) is 5.88 Å². The number of amides is 2. The monoisotopic (exact) mass is 449 g/mol. The van der Waals surface area contributed by atoms with E-state index in [0.29, 0.717) is 36.8 Å². The van der Waals surface area contributed by atoms with Crippen LogP contribution in [-0.2, 0) is 26.2 Å². The Morgan fingerprint density at radius 2 is 1.97 bits per heavy atom. The summed E-state index contributed by atoms with van der Waals surface area (Å²) in [4.78, 5) is 25.6. The first kappa shape index (κ1) is 23.1. The molecule has 2 amide bonds. The number of carbonyl (C=O) groups is 2. The summed E-state index contributed by atoms with van der Waals surface area (Å²) in [5.74, 6) is -0.864. The number of halogens is 1. The van der Waals surface area contributed by atoms with Crippen molar-refractivity contribution in [3.8, 4) is 5.88 Å². The van der Waals surface area contributed by atoms with Gasteiger partial charge in [-0.2, -0.15) is 0 Å². The van der Waals surface area contributed by atoms with Crippen LogP contribution in [0.4, 0.5) is 5.69 Å². The molecule has 8 nitrogen and oxygen atoms in total. The number of aromatic nitrogens is 1. The number of hydrogen-bond acceptors (Lipinski definition) is 6. The molecule has 0 aliphatic carbocycles. The van der Waals surface area contributed by atoms with E-state index in [9.17, 15) is 14.7 Å². The summed E-state index contributed by atoms with van der Waals surface area (Å²) in [6.07, 6.45) is 1.18. The highest BCUT2D eigenvalue weighted by Crippen LogP contribution is 2.31. The summed E-state index contributed by atoms with van der Waals surface area (Å²) in [6, 6.07) is 5.96.